The van der Waals surface area contributed by atoms with Crippen LogP contribution in [-0.4, -0.2) is 41.7 Å². The highest BCUT2D eigenvalue weighted by atomic mass is 32.2. The molecule has 1 aromatic heterocycles. The second kappa shape index (κ2) is 10.8. The number of carboxylic acids is 1. The molecular weight excluding hydrogens is 544 g/mol. The zero-order valence-electron chi connectivity index (χ0n) is 20.1. The summed E-state index contributed by atoms with van der Waals surface area (Å²) in [5.41, 5.74) is 1.88. The Kier molecular flexibility index (Phi) is 7.72. The first-order chi connectivity index (χ1) is 18.3. The van der Waals surface area contributed by atoms with E-state index >= 15 is 0 Å². The minimum atomic E-state index is -4.95. The summed E-state index contributed by atoms with van der Waals surface area (Å²) in [7, 11) is -4.22. The highest BCUT2D eigenvalue weighted by Crippen LogP contribution is 2.28. The van der Waals surface area contributed by atoms with E-state index in [1.165, 1.54) is 12.1 Å². The summed E-state index contributed by atoms with van der Waals surface area (Å²) < 4.78 is 86.4. The molecule has 0 aliphatic carbocycles. The van der Waals surface area contributed by atoms with Crippen molar-refractivity contribution >= 4 is 15.8 Å². The number of rotatable bonds is 9. The Bertz CT molecular complexity index is 1580. The number of carboxylic acid groups (broad SMARTS) is 1. The number of hydrogen-bond acceptors (Lipinski definition) is 7. The van der Waals surface area contributed by atoms with Crippen molar-refractivity contribution in [1.82, 2.24) is 10.1 Å². The average molecular weight is 565 g/mol. The van der Waals surface area contributed by atoms with E-state index < -0.39 is 45.4 Å². The molecule has 1 unspecified atom stereocenters. The molecule has 0 aliphatic heterocycles. The fraction of sp³-hybridized carbons (Fsp3) is 0.192. The monoisotopic (exact) mass is 564 g/mol. The standard InChI is InChI=1S/C26H20F4N2O6S/c1-15-2-5-17(6-3-15)24-31-23(32-38-24)21-11-4-16(13-22(21)27)12-18(25(33)34)14-39(35,36)20-9-7-19(8-10-20)37-26(28,29)30/h2-11,13,18H,12,14H2,1H3,(H,33,34). The summed E-state index contributed by atoms with van der Waals surface area (Å²) in [5, 5.41) is 13.4. The molecule has 0 aliphatic rings. The fourth-order valence-electron chi connectivity index (χ4n) is 3.72. The molecule has 1 atom stereocenters. The van der Waals surface area contributed by atoms with Crippen LogP contribution in [0.15, 0.2) is 76.1 Å². The maximum Gasteiger partial charge on any atom is 0.573 e. The van der Waals surface area contributed by atoms with Gasteiger partial charge in [-0.3, -0.25) is 4.79 Å². The second-order valence-electron chi connectivity index (χ2n) is 8.64. The lowest BCUT2D eigenvalue weighted by Gasteiger charge is -2.14. The number of ether oxygens (including phenoxy) is 1. The van der Waals surface area contributed by atoms with Crippen molar-refractivity contribution in [1.29, 1.82) is 0 Å². The van der Waals surface area contributed by atoms with Crippen LogP contribution in [-0.2, 0) is 21.1 Å². The maximum atomic E-state index is 14.9. The Hall–Kier alpha value is -4.26. The van der Waals surface area contributed by atoms with E-state index in [1.807, 2.05) is 19.1 Å². The van der Waals surface area contributed by atoms with Crippen LogP contribution in [0.3, 0.4) is 0 Å². The van der Waals surface area contributed by atoms with E-state index in [2.05, 4.69) is 14.9 Å². The summed E-state index contributed by atoms with van der Waals surface area (Å²) in [6, 6.07) is 14.5. The number of carbonyl (C=O) groups is 1. The molecule has 204 valence electrons. The van der Waals surface area contributed by atoms with Crippen molar-refractivity contribution < 1.29 is 45.1 Å². The zero-order valence-corrected chi connectivity index (χ0v) is 21.0. The summed E-state index contributed by atoms with van der Waals surface area (Å²) in [4.78, 5) is 15.6. The van der Waals surface area contributed by atoms with Gasteiger partial charge < -0.3 is 14.4 Å². The maximum absolute atomic E-state index is 14.9. The summed E-state index contributed by atoms with van der Waals surface area (Å²) in [6.45, 7) is 1.92. The lowest BCUT2D eigenvalue weighted by molar-refractivity contribution is -0.274. The Balaban J connectivity index is 1.49. The third-order valence-electron chi connectivity index (χ3n) is 5.67. The molecule has 0 amide bonds. The largest absolute Gasteiger partial charge is 0.573 e. The molecule has 4 rings (SSSR count). The van der Waals surface area contributed by atoms with Gasteiger partial charge in [0.05, 0.1) is 22.1 Å². The molecule has 0 bridgehead atoms. The summed E-state index contributed by atoms with van der Waals surface area (Å²) in [6.07, 6.45) is -5.28. The Morgan fingerprint density at radius 3 is 2.31 bits per heavy atom. The van der Waals surface area contributed by atoms with Gasteiger partial charge in [0.1, 0.15) is 11.6 Å². The molecule has 1 heterocycles. The minimum Gasteiger partial charge on any atom is -0.481 e. The van der Waals surface area contributed by atoms with E-state index in [4.69, 9.17) is 4.52 Å². The SMILES string of the molecule is Cc1ccc(-c2nc(-c3ccc(CC(CS(=O)(=O)c4ccc(OC(F)(F)F)cc4)C(=O)O)cc3F)no2)cc1. The molecule has 0 saturated carbocycles. The smallest absolute Gasteiger partial charge is 0.481 e. The van der Waals surface area contributed by atoms with Gasteiger partial charge in [0.2, 0.25) is 5.82 Å². The minimum absolute atomic E-state index is 0.00141. The van der Waals surface area contributed by atoms with Crippen LogP contribution >= 0.6 is 0 Å². The second-order valence-corrected chi connectivity index (χ2v) is 10.7. The topological polar surface area (TPSA) is 120 Å². The molecule has 13 heteroatoms. The number of alkyl halides is 3. The number of aromatic nitrogens is 2. The predicted octanol–water partition coefficient (Wildman–Crippen LogP) is 5.47. The van der Waals surface area contributed by atoms with Gasteiger partial charge >= 0.3 is 12.3 Å². The van der Waals surface area contributed by atoms with Crippen molar-refractivity contribution in [3.63, 3.8) is 0 Å². The summed E-state index contributed by atoms with van der Waals surface area (Å²) >= 11 is 0. The molecule has 39 heavy (non-hydrogen) atoms. The van der Waals surface area contributed by atoms with Crippen molar-refractivity contribution in [3.8, 4) is 28.6 Å². The van der Waals surface area contributed by atoms with Crippen LogP contribution < -0.4 is 4.74 Å². The number of aryl methyl sites for hydroxylation is 1. The third kappa shape index (κ3) is 6.99. The van der Waals surface area contributed by atoms with E-state index in [0.717, 1.165) is 35.9 Å². The molecule has 0 spiro atoms. The zero-order chi connectivity index (χ0) is 28.4. The molecule has 1 N–H and O–H groups in total. The van der Waals surface area contributed by atoms with Crippen LogP contribution in [0.2, 0.25) is 0 Å². The molecule has 0 saturated heterocycles. The quantitative estimate of drug-likeness (QED) is 0.266. The van der Waals surface area contributed by atoms with E-state index in [9.17, 15) is 35.9 Å². The number of benzene rings is 3. The molecule has 4 aromatic rings. The lowest BCUT2D eigenvalue weighted by Crippen LogP contribution is -2.26. The van der Waals surface area contributed by atoms with Gasteiger partial charge in [-0.05, 0) is 67.4 Å². The summed E-state index contributed by atoms with van der Waals surface area (Å²) in [5.74, 6) is -5.01. The van der Waals surface area contributed by atoms with Crippen molar-refractivity contribution in [3.05, 3.63) is 83.7 Å². The molecule has 0 fully saturated rings. The van der Waals surface area contributed by atoms with Crippen LogP contribution in [0.5, 0.6) is 5.75 Å². The normalized spacial score (nSPS) is 12.7. The molecule has 3 aromatic carbocycles. The Labute approximate surface area is 219 Å². The predicted molar refractivity (Wildman–Crippen MR) is 130 cm³/mol. The van der Waals surface area contributed by atoms with Gasteiger partial charge in [-0.25, -0.2) is 12.8 Å². The van der Waals surface area contributed by atoms with Gasteiger partial charge in [0.25, 0.3) is 5.89 Å². The van der Waals surface area contributed by atoms with Crippen LogP contribution in [0, 0.1) is 18.7 Å². The highest BCUT2D eigenvalue weighted by Gasteiger charge is 2.32. The van der Waals surface area contributed by atoms with Crippen molar-refractivity contribution in [2.75, 3.05) is 5.75 Å². The number of nitrogens with zero attached hydrogens (tertiary/aromatic N) is 2. The molecular formula is C26H20F4N2O6S. The number of hydrogen-bond donors (Lipinski definition) is 1. The van der Waals surface area contributed by atoms with Gasteiger partial charge in [-0.15, -0.1) is 13.2 Å². The Morgan fingerprint density at radius 1 is 1.05 bits per heavy atom. The third-order valence-corrected chi connectivity index (χ3v) is 7.50. The number of aliphatic carboxylic acids is 1. The van der Waals surface area contributed by atoms with Gasteiger partial charge in [-0.2, -0.15) is 4.98 Å². The van der Waals surface area contributed by atoms with Gasteiger partial charge in [0, 0.05) is 5.56 Å². The Morgan fingerprint density at radius 2 is 1.72 bits per heavy atom. The van der Waals surface area contributed by atoms with Crippen LogP contribution in [0.25, 0.3) is 22.8 Å². The molecule has 0 radical (unpaired) electrons. The van der Waals surface area contributed by atoms with E-state index in [-0.39, 0.29) is 34.2 Å². The van der Waals surface area contributed by atoms with E-state index in [1.54, 1.807) is 12.1 Å². The lowest BCUT2D eigenvalue weighted by atomic mass is 9.99. The first-order valence-electron chi connectivity index (χ1n) is 11.3. The average Bonchev–Trinajstić information content (AvgIpc) is 3.33. The highest BCUT2D eigenvalue weighted by molar-refractivity contribution is 7.91. The first kappa shape index (κ1) is 27.8. The van der Waals surface area contributed by atoms with Gasteiger partial charge in [-0.1, -0.05) is 28.9 Å². The first-order valence-corrected chi connectivity index (χ1v) is 13.0. The van der Waals surface area contributed by atoms with Gasteiger partial charge in [0.15, 0.2) is 9.84 Å². The van der Waals surface area contributed by atoms with Crippen molar-refractivity contribution in [2.45, 2.75) is 24.6 Å². The number of halogens is 4. The fourth-order valence-corrected chi connectivity index (χ4v) is 5.26. The van der Waals surface area contributed by atoms with Crippen LogP contribution in [0.1, 0.15) is 11.1 Å². The van der Waals surface area contributed by atoms with E-state index in [0.29, 0.717) is 5.56 Å². The van der Waals surface area contributed by atoms with Crippen molar-refractivity contribution in [2.24, 2.45) is 5.92 Å². The molecule has 8 nitrogen and oxygen atoms in total. The number of sulfone groups is 1. The van der Waals surface area contributed by atoms with Crippen LogP contribution in [0.4, 0.5) is 17.6 Å².